The van der Waals surface area contributed by atoms with E-state index in [1.807, 2.05) is 58.0 Å². The average Bonchev–Trinajstić information content (AvgIpc) is 2.83. The molecule has 1 N–H and O–H groups in total. The van der Waals surface area contributed by atoms with Crippen LogP contribution >= 0.6 is 15.9 Å². The van der Waals surface area contributed by atoms with Gasteiger partial charge in [-0.15, -0.1) is 0 Å². The molecule has 7 heteroatoms. The first-order valence-electron chi connectivity index (χ1n) is 7.92. The van der Waals surface area contributed by atoms with Gasteiger partial charge in [0.15, 0.2) is 5.76 Å². The maximum absolute atomic E-state index is 12.3. The summed E-state index contributed by atoms with van der Waals surface area (Å²) in [5, 5.41) is 6.77. The number of hydrogen-bond acceptors (Lipinski definition) is 5. The SMILES string of the molecule is Cc1onc(OC[C@@](C)(NC(=O)OC(C)(C)C)c2ccccc2)c1Br. The Hall–Kier alpha value is -2.02. The lowest BCUT2D eigenvalue weighted by atomic mass is 9.93. The third-order valence-electron chi connectivity index (χ3n) is 3.45. The van der Waals surface area contributed by atoms with Gasteiger partial charge in [-0.1, -0.05) is 30.3 Å². The molecule has 0 aliphatic carbocycles. The van der Waals surface area contributed by atoms with Crippen LogP contribution in [0.25, 0.3) is 0 Å². The van der Waals surface area contributed by atoms with Crippen molar-refractivity contribution in [2.45, 2.75) is 45.8 Å². The summed E-state index contributed by atoms with van der Waals surface area (Å²) in [5.41, 5.74) is -0.512. The molecule has 1 aromatic carbocycles. The lowest BCUT2D eigenvalue weighted by molar-refractivity contribution is 0.0420. The van der Waals surface area contributed by atoms with E-state index in [0.29, 0.717) is 16.1 Å². The van der Waals surface area contributed by atoms with E-state index < -0.39 is 17.2 Å². The topological polar surface area (TPSA) is 73.6 Å². The van der Waals surface area contributed by atoms with E-state index in [9.17, 15) is 4.79 Å². The van der Waals surface area contributed by atoms with Gasteiger partial charge in [0.05, 0.1) is 5.54 Å². The van der Waals surface area contributed by atoms with E-state index in [4.69, 9.17) is 14.0 Å². The van der Waals surface area contributed by atoms with Crippen molar-refractivity contribution in [1.82, 2.24) is 10.5 Å². The zero-order chi connectivity index (χ0) is 18.7. The van der Waals surface area contributed by atoms with E-state index in [1.54, 1.807) is 6.92 Å². The summed E-state index contributed by atoms with van der Waals surface area (Å²) in [6.45, 7) is 9.25. The average molecular weight is 411 g/mol. The molecular weight excluding hydrogens is 388 g/mol. The minimum absolute atomic E-state index is 0.154. The Labute approximate surface area is 156 Å². The Morgan fingerprint density at radius 2 is 1.88 bits per heavy atom. The molecule has 0 radical (unpaired) electrons. The van der Waals surface area contributed by atoms with Crippen LogP contribution in [-0.4, -0.2) is 23.5 Å². The molecule has 136 valence electrons. The maximum Gasteiger partial charge on any atom is 0.408 e. The molecular formula is C18H23BrN2O4. The van der Waals surface area contributed by atoms with Gasteiger partial charge in [0.2, 0.25) is 0 Å². The number of benzene rings is 1. The van der Waals surface area contributed by atoms with Crippen molar-refractivity contribution in [3.63, 3.8) is 0 Å². The molecule has 0 saturated heterocycles. The molecule has 0 unspecified atom stereocenters. The molecule has 0 aliphatic rings. The summed E-state index contributed by atoms with van der Waals surface area (Å²) in [4.78, 5) is 12.3. The molecule has 0 aliphatic heterocycles. The standard InChI is InChI=1S/C18H23BrN2O4/c1-12-14(19)15(21-25-12)23-11-18(5,13-9-7-6-8-10-13)20-16(22)24-17(2,3)4/h6-10H,11H2,1-5H3,(H,20,22)/t18-/m1/s1. The van der Waals surface area contributed by atoms with Crippen LogP contribution in [0.5, 0.6) is 5.88 Å². The van der Waals surface area contributed by atoms with Gasteiger partial charge in [0, 0.05) is 0 Å². The fraction of sp³-hybridized carbons (Fsp3) is 0.444. The number of nitrogens with one attached hydrogen (secondary N) is 1. The van der Waals surface area contributed by atoms with Crippen LogP contribution in [0.4, 0.5) is 4.79 Å². The Morgan fingerprint density at radius 1 is 1.24 bits per heavy atom. The number of nitrogens with zero attached hydrogens (tertiary/aromatic N) is 1. The quantitative estimate of drug-likeness (QED) is 0.781. The molecule has 6 nitrogen and oxygen atoms in total. The van der Waals surface area contributed by atoms with Crippen molar-refractivity contribution in [3.8, 4) is 5.88 Å². The highest BCUT2D eigenvalue weighted by molar-refractivity contribution is 9.10. The number of aromatic nitrogens is 1. The van der Waals surface area contributed by atoms with E-state index in [2.05, 4.69) is 26.4 Å². The zero-order valence-corrected chi connectivity index (χ0v) is 16.6. The van der Waals surface area contributed by atoms with Crippen molar-refractivity contribution in [2.75, 3.05) is 6.61 Å². The van der Waals surface area contributed by atoms with Gasteiger partial charge >= 0.3 is 6.09 Å². The molecule has 1 amide bonds. The van der Waals surface area contributed by atoms with Gasteiger partial charge in [-0.05, 0) is 61.3 Å². The lowest BCUT2D eigenvalue weighted by Gasteiger charge is -2.32. The molecule has 1 heterocycles. The number of aryl methyl sites for hydroxylation is 1. The summed E-state index contributed by atoms with van der Waals surface area (Å²) >= 11 is 3.37. The van der Waals surface area contributed by atoms with Crippen LogP contribution in [0.2, 0.25) is 0 Å². The summed E-state index contributed by atoms with van der Waals surface area (Å²) in [5.74, 6) is 0.960. The smallest absolute Gasteiger partial charge is 0.408 e. The van der Waals surface area contributed by atoms with Crippen molar-refractivity contribution in [1.29, 1.82) is 0 Å². The normalized spacial score (nSPS) is 13.8. The second-order valence-corrected chi connectivity index (χ2v) is 7.76. The van der Waals surface area contributed by atoms with E-state index in [-0.39, 0.29) is 6.61 Å². The van der Waals surface area contributed by atoms with Crippen LogP contribution in [0.1, 0.15) is 39.0 Å². The minimum atomic E-state index is -0.810. The zero-order valence-electron chi connectivity index (χ0n) is 15.1. The molecule has 0 saturated carbocycles. The van der Waals surface area contributed by atoms with Crippen LogP contribution < -0.4 is 10.1 Å². The highest BCUT2D eigenvalue weighted by atomic mass is 79.9. The van der Waals surface area contributed by atoms with Gasteiger partial charge in [0.1, 0.15) is 16.7 Å². The second-order valence-electron chi connectivity index (χ2n) is 6.97. The van der Waals surface area contributed by atoms with Crippen molar-refractivity contribution in [2.24, 2.45) is 0 Å². The fourth-order valence-corrected chi connectivity index (χ4v) is 2.43. The number of ether oxygens (including phenoxy) is 2. The molecule has 25 heavy (non-hydrogen) atoms. The van der Waals surface area contributed by atoms with Crippen molar-refractivity contribution >= 4 is 22.0 Å². The highest BCUT2D eigenvalue weighted by Crippen LogP contribution is 2.29. The van der Waals surface area contributed by atoms with Crippen molar-refractivity contribution < 1.29 is 18.8 Å². The van der Waals surface area contributed by atoms with Gasteiger partial charge in [0.25, 0.3) is 5.88 Å². The predicted octanol–water partition coefficient (Wildman–Crippen LogP) is 4.56. The van der Waals surface area contributed by atoms with Crippen LogP contribution in [0.3, 0.4) is 0 Å². The minimum Gasteiger partial charge on any atom is -0.472 e. The van der Waals surface area contributed by atoms with Gasteiger partial charge in [-0.2, -0.15) is 0 Å². The molecule has 2 rings (SSSR count). The number of rotatable bonds is 5. The molecule has 1 atom stereocenters. The number of amides is 1. The molecule has 1 aromatic heterocycles. The molecule has 0 fully saturated rings. The first-order valence-corrected chi connectivity index (χ1v) is 8.71. The number of carbonyl (C=O) groups is 1. The number of halogens is 1. The Bertz CT molecular complexity index is 724. The van der Waals surface area contributed by atoms with E-state index in [1.165, 1.54) is 0 Å². The molecule has 0 spiro atoms. The number of carbonyl (C=O) groups excluding carboxylic acids is 1. The second kappa shape index (κ2) is 7.47. The van der Waals surface area contributed by atoms with Gasteiger partial charge < -0.3 is 19.3 Å². The largest absolute Gasteiger partial charge is 0.472 e. The summed E-state index contributed by atoms with van der Waals surface area (Å²) in [7, 11) is 0. The van der Waals surface area contributed by atoms with Crippen LogP contribution in [0, 0.1) is 6.92 Å². The third kappa shape index (κ3) is 5.22. The lowest BCUT2D eigenvalue weighted by Crippen LogP contribution is -2.49. The first kappa shape index (κ1) is 19.3. The molecule has 2 aromatic rings. The summed E-state index contributed by atoms with van der Waals surface area (Å²) in [6.07, 6.45) is -0.516. The molecule has 0 bridgehead atoms. The number of alkyl carbamates (subject to hydrolysis) is 1. The Balaban J connectivity index is 2.20. The first-order chi connectivity index (χ1) is 11.6. The summed E-state index contributed by atoms with van der Waals surface area (Å²) in [6, 6.07) is 9.56. The van der Waals surface area contributed by atoms with E-state index >= 15 is 0 Å². The summed E-state index contributed by atoms with van der Waals surface area (Å²) < 4.78 is 16.9. The van der Waals surface area contributed by atoms with E-state index in [0.717, 1.165) is 5.56 Å². The van der Waals surface area contributed by atoms with Crippen LogP contribution in [0.15, 0.2) is 39.3 Å². The van der Waals surface area contributed by atoms with Crippen molar-refractivity contribution in [3.05, 3.63) is 46.1 Å². The maximum atomic E-state index is 12.3. The fourth-order valence-electron chi connectivity index (χ4n) is 2.17. The van der Waals surface area contributed by atoms with Gasteiger partial charge in [-0.3, -0.25) is 0 Å². The monoisotopic (exact) mass is 410 g/mol. The Morgan fingerprint density at radius 3 is 2.40 bits per heavy atom. The van der Waals surface area contributed by atoms with Gasteiger partial charge in [-0.25, -0.2) is 4.79 Å². The number of hydrogen-bond donors (Lipinski definition) is 1. The third-order valence-corrected chi connectivity index (χ3v) is 4.35. The highest BCUT2D eigenvalue weighted by Gasteiger charge is 2.32. The Kier molecular flexibility index (Phi) is 5.77. The predicted molar refractivity (Wildman–Crippen MR) is 97.6 cm³/mol. The van der Waals surface area contributed by atoms with Crippen LogP contribution in [-0.2, 0) is 10.3 Å².